The van der Waals surface area contributed by atoms with Crippen LogP contribution in [0.15, 0.2) is 42.5 Å². The number of hydrogen-bond acceptors (Lipinski definition) is 4. The summed E-state index contributed by atoms with van der Waals surface area (Å²) in [5.74, 6) is 0.0665. The lowest BCUT2D eigenvalue weighted by Gasteiger charge is -2.23. The van der Waals surface area contributed by atoms with Gasteiger partial charge in [0, 0.05) is 12.8 Å². The SMILES string of the molecule is CC[C@H](C)CCCCC(=O)O[C@H]1C=CC[C@@H](C(=O)OCc2ccccc2)C1. The third-order valence-electron chi connectivity index (χ3n) is 5.15. The van der Waals surface area contributed by atoms with Gasteiger partial charge in [-0.15, -0.1) is 0 Å². The first-order valence-electron chi connectivity index (χ1n) is 10.1. The van der Waals surface area contributed by atoms with Crippen LogP contribution in [-0.2, 0) is 25.7 Å². The second-order valence-electron chi connectivity index (χ2n) is 7.48. The molecule has 1 aliphatic rings. The Morgan fingerprint density at radius 3 is 2.70 bits per heavy atom. The fourth-order valence-electron chi connectivity index (χ4n) is 3.17. The van der Waals surface area contributed by atoms with Gasteiger partial charge < -0.3 is 9.47 Å². The van der Waals surface area contributed by atoms with Gasteiger partial charge in [-0.2, -0.15) is 0 Å². The second-order valence-corrected chi connectivity index (χ2v) is 7.48. The molecule has 0 unspecified atom stereocenters. The van der Waals surface area contributed by atoms with E-state index in [4.69, 9.17) is 9.47 Å². The third-order valence-corrected chi connectivity index (χ3v) is 5.15. The average Bonchev–Trinajstić information content (AvgIpc) is 2.70. The molecule has 4 heteroatoms. The number of rotatable bonds is 10. The highest BCUT2D eigenvalue weighted by Crippen LogP contribution is 2.23. The molecule has 2 rings (SSSR count). The minimum Gasteiger partial charge on any atom is -0.461 e. The van der Waals surface area contributed by atoms with E-state index >= 15 is 0 Å². The van der Waals surface area contributed by atoms with E-state index in [9.17, 15) is 9.59 Å². The van der Waals surface area contributed by atoms with E-state index < -0.39 is 0 Å². The van der Waals surface area contributed by atoms with Crippen molar-refractivity contribution in [3.05, 3.63) is 48.0 Å². The maximum absolute atomic E-state index is 12.3. The van der Waals surface area contributed by atoms with E-state index in [1.165, 1.54) is 6.42 Å². The third kappa shape index (κ3) is 7.98. The number of allylic oxidation sites excluding steroid dienone is 1. The Kier molecular flexibility index (Phi) is 9.09. The van der Waals surface area contributed by atoms with Crippen LogP contribution in [-0.4, -0.2) is 18.0 Å². The van der Waals surface area contributed by atoms with Gasteiger partial charge in [-0.1, -0.05) is 69.5 Å². The summed E-state index contributed by atoms with van der Waals surface area (Å²) in [6.07, 6.45) is 9.32. The number of benzene rings is 1. The van der Waals surface area contributed by atoms with Crippen molar-refractivity contribution in [3.63, 3.8) is 0 Å². The normalized spacial score (nSPS) is 20.1. The molecule has 27 heavy (non-hydrogen) atoms. The van der Waals surface area contributed by atoms with E-state index in [1.807, 2.05) is 42.5 Å². The van der Waals surface area contributed by atoms with E-state index in [0.717, 1.165) is 24.8 Å². The maximum atomic E-state index is 12.3. The fourth-order valence-corrected chi connectivity index (χ4v) is 3.17. The summed E-state index contributed by atoms with van der Waals surface area (Å²) in [6, 6.07) is 9.64. The predicted octanol–water partition coefficient (Wildman–Crippen LogP) is 5.21. The van der Waals surface area contributed by atoms with Gasteiger partial charge in [-0.3, -0.25) is 9.59 Å². The highest BCUT2D eigenvalue weighted by molar-refractivity contribution is 5.73. The van der Waals surface area contributed by atoms with Crippen LogP contribution >= 0.6 is 0 Å². The van der Waals surface area contributed by atoms with Crippen molar-refractivity contribution in [1.82, 2.24) is 0 Å². The zero-order valence-electron chi connectivity index (χ0n) is 16.6. The van der Waals surface area contributed by atoms with Gasteiger partial charge in [0.15, 0.2) is 0 Å². The molecular weight excluding hydrogens is 340 g/mol. The van der Waals surface area contributed by atoms with Crippen molar-refractivity contribution >= 4 is 11.9 Å². The van der Waals surface area contributed by atoms with Crippen LogP contribution in [0.1, 0.15) is 64.4 Å². The zero-order chi connectivity index (χ0) is 19.5. The molecule has 0 radical (unpaired) electrons. The molecule has 148 valence electrons. The number of esters is 2. The van der Waals surface area contributed by atoms with Crippen LogP contribution < -0.4 is 0 Å². The molecule has 3 atom stereocenters. The quantitative estimate of drug-likeness (QED) is 0.321. The number of ether oxygens (including phenoxy) is 2. The minimum absolute atomic E-state index is 0.174. The molecule has 0 saturated heterocycles. The molecule has 0 amide bonds. The second kappa shape index (κ2) is 11.6. The van der Waals surface area contributed by atoms with E-state index in [2.05, 4.69) is 13.8 Å². The van der Waals surface area contributed by atoms with Gasteiger partial charge in [0.05, 0.1) is 5.92 Å². The smallest absolute Gasteiger partial charge is 0.309 e. The first kappa shape index (κ1) is 21.2. The molecular formula is C23H32O4. The van der Waals surface area contributed by atoms with Gasteiger partial charge in [0.25, 0.3) is 0 Å². The van der Waals surface area contributed by atoms with Crippen molar-refractivity contribution in [2.24, 2.45) is 11.8 Å². The summed E-state index contributed by atoms with van der Waals surface area (Å²) in [7, 11) is 0. The lowest BCUT2D eigenvalue weighted by molar-refractivity contribution is -0.155. The summed E-state index contributed by atoms with van der Waals surface area (Å²) in [4.78, 5) is 24.3. The van der Waals surface area contributed by atoms with Crippen molar-refractivity contribution in [2.45, 2.75) is 71.5 Å². The summed E-state index contributed by atoms with van der Waals surface area (Å²) in [5.41, 5.74) is 0.970. The predicted molar refractivity (Wildman–Crippen MR) is 106 cm³/mol. The standard InChI is InChI=1S/C23H32O4/c1-3-18(2)10-7-8-15-22(24)27-21-14-9-13-20(16-21)23(25)26-17-19-11-5-4-6-12-19/h4-6,9,11-12,14,18,20-21H,3,7-8,10,13,15-17H2,1-2H3/t18-,20+,21-/m0/s1. The minimum atomic E-state index is -0.324. The Labute approximate surface area is 162 Å². The summed E-state index contributed by atoms with van der Waals surface area (Å²) < 4.78 is 11.0. The molecule has 1 aromatic carbocycles. The average molecular weight is 373 g/mol. The Morgan fingerprint density at radius 2 is 1.96 bits per heavy atom. The number of carbonyl (C=O) groups is 2. The Balaban J connectivity index is 1.68. The highest BCUT2D eigenvalue weighted by Gasteiger charge is 2.27. The summed E-state index contributed by atoms with van der Waals surface area (Å²) in [6.45, 7) is 4.71. The number of carbonyl (C=O) groups excluding carboxylic acids is 2. The monoisotopic (exact) mass is 372 g/mol. The van der Waals surface area contributed by atoms with E-state index in [0.29, 0.717) is 25.2 Å². The maximum Gasteiger partial charge on any atom is 0.309 e. The lowest BCUT2D eigenvalue weighted by Crippen LogP contribution is -2.27. The Hall–Kier alpha value is -2.10. The van der Waals surface area contributed by atoms with Crippen LogP contribution in [0.25, 0.3) is 0 Å². The first-order valence-corrected chi connectivity index (χ1v) is 10.1. The van der Waals surface area contributed by atoms with Crippen LogP contribution in [0.5, 0.6) is 0 Å². The number of hydrogen-bond donors (Lipinski definition) is 0. The molecule has 0 aromatic heterocycles. The van der Waals surface area contributed by atoms with Crippen LogP contribution in [0.2, 0.25) is 0 Å². The van der Waals surface area contributed by atoms with Gasteiger partial charge >= 0.3 is 11.9 Å². The molecule has 0 aliphatic heterocycles. The first-order chi connectivity index (χ1) is 13.1. The highest BCUT2D eigenvalue weighted by atomic mass is 16.5. The molecule has 0 N–H and O–H groups in total. The van der Waals surface area contributed by atoms with E-state index in [-0.39, 0.29) is 30.6 Å². The van der Waals surface area contributed by atoms with Crippen LogP contribution in [0.4, 0.5) is 0 Å². The van der Waals surface area contributed by atoms with Gasteiger partial charge in [-0.05, 0) is 30.4 Å². The van der Waals surface area contributed by atoms with Gasteiger partial charge in [0.2, 0.25) is 0 Å². The summed E-state index contributed by atoms with van der Waals surface area (Å²) >= 11 is 0. The van der Waals surface area contributed by atoms with Crippen molar-refractivity contribution in [3.8, 4) is 0 Å². The lowest BCUT2D eigenvalue weighted by atomic mass is 9.92. The molecule has 0 bridgehead atoms. The van der Waals surface area contributed by atoms with E-state index in [1.54, 1.807) is 0 Å². The van der Waals surface area contributed by atoms with Crippen LogP contribution in [0, 0.1) is 11.8 Å². The molecule has 1 aromatic rings. The van der Waals surface area contributed by atoms with Crippen molar-refractivity contribution < 1.29 is 19.1 Å². The summed E-state index contributed by atoms with van der Waals surface area (Å²) in [5, 5.41) is 0. The Morgan fingerprint density at radius 1 is 1.19 bits per heavy atom. The molecule has 1 aliphatic carbocycles. The number of unbranched alkanes of at least 4 members (excludes halogenated alkanes) is 1. The van der Waals surface area contributed by atoms with Crippen LogP contribution in [0.3, 0.4) is 0 Å². The topological polar surface area (TPSA) is 52.6 Å². The molecule has 0 spiro atoms. The largest absolute Gasteiger partial charge is 0.461 e. The van der Waals surface area contributed by atoms with Gasteiger partial charge in [-0.25, -0.2) is 0 Å². The molecule has 0 heterocycles. The van der Waals surface area contributed by atoms with Gasteiger partial charge in [0.1, 0.15) is 12.7 Å². The fraction of sp³-hybridized carbons (Fsp3) is 0.565. The van der Waals surface area contributed by atoms with Crippen molar-refractivity contribution in [2.75, 3.05) is 0 Å². The Bertz CT molecular complexity index is 608. The molecule has 0 fully saturated rings. The van der Waals surface area contributed by atoms with Crippen molar-refractivity contribution in [1.29, 1.82) is 0 Å². The molecule has 0 saturated carbocycles. The zero-order valence-corrected chi connectivity index (χ0v) is 16.6. The molecule has 4 nitrogen and oxygen atoms in total.